The maximum absolute atomic E-state index is 4.42. The molecule has 0 unspecified atom stereocenters. The van der Waals surface area contributed by atoms with Gasteiger partial charge in [0.15, 0.2) is 0 Å². The monoisotopic (exact) mass is 188 g/mol. The minimum Gasteiger partial charge on any atom is -0.241 e. The Bertz CT molecular complexity index is 372. The zero-order chi connectivity index (χ0) is 10.2. The lowest BCUT2D eigenvalue weighted by atomic mass is 9.85. The van der Waals surface area contributed by atoms with E-state index >= 15 is 0 Å². The van der Waals surface area contributed by atoms with E-state index in [-0.39, 0.29) is 5.41 Å². The third-order valence-corrected chi connectivity index (χ3v) is 2.53. The fraction of sp³-hybridized carbons (Fsp3) is 0.500. The van der Waals surface area contributed by atoms with Crippen LogP contribution in [0.15, 0.2) is 12.4 Å². The van der Waals surface area contributed by atoms with E-state index in [2.05, 4.69) is 42.9 Å². The van der Waals surface area contributed by atoms with Gasteiger partial charge in [0, 0.05) is 11.0 Å². The summed E-state index contributed by atoms with van der Waals surface area (Å²) in [7, 11) is 0. The van der Waals surface area contributed by atoms with Crippen LogP contribution >= 0.6 is 0 Å². The Hall–Kier alpha value is -1.18. The van der Waals surface area contributed by atoms with Crippen LogP contribution in [-0.4, -0.2) is 9.97 Å². The first-order chi connectivity index (χ1) is 6.59. The molecule has 0 aromatic carbocycles. The lowest BCUT2D eigenvalue weighted by molar-refractivity contribution is 0.556. The summed E-state index contributed by atoms with van der Waals surface area (Å²) in [6, 6.07) is 0. The van der Waals surface area contributed by atoms with E-state index in [0.29, 0.717) is 0 Å². The van der Waals surface area contributed by atoms with Crippen LogP contribution in [0.25, 0.3) is 6.08 Å². The van der Waals surface area contributed by atoms with Crippen molar-refractivity contribution in [3.05, 3.63) is 29.4 Å². The molecule has 0 amide bonds. The van der Waals surface area contributed by atoms with E-state index in [4.69, 9.17) is 0 Å². The smallest absolute Gasteiger partial charge is 0.116 e. The maximum atomic E-state index is 4.42. The molecular formula is C12H16N2. The Balaban J connectivity index is 2.57. The minimum atomic E-state index is 0.123. The third kappa shape index (κ3) is 1.57. The summed E-state index contributed by atoms with van der Waals surface area (Å²) >= 11 is 0. The highest BCUT2D eigenvalue weighted by Crippen LogP contribution is 2.28. The second-order valence-electron chi connectivity index (χ2n) is 4.78. The number of hydrogen-bond donors (Lipinski definition) is 0. The van der Waals surface area contributed by atoms with Gasteiger partial charge in [-0.2, -0.15) is 0 Å². The van der Waals surface area contributed by atoms with Gasteiger partial charge in [-0.05, 0) is 18.9 Å². The van der Waals surface area contributed by atoms with Gasteiger partial charge in [-0.15, -0.1) is 0 Å². The van der Waals surface area contributed by atoms with E-state index in [1.165, 1.54) is 11.3 Å². The van der Waals surface area contributed by atoms with Crippen molar-refractivity contribution in [3.8, 4) is 0 Å². The molecule has 14 heavy (non-hydrogen) atoms. The van der Waals surface area contributed by atoms with Crippen molar-refractivity contribution in [1.29, 1.82) is 0 Å². The predicted octanol–water partition coefficient (Wildman–Crippen LogP) is 2.73. The van der Waals surface area contributed by atoms with Gasteiger partial charge in [0.25, 0.3) is 0 Å². The van der Waals surface area contributed by atoms with Gasteiger partial charge in [0.2, 0.25) is 0 Å². The average Bonchev–Trinajstić information content (AvgIpc) is 2.15. The van der Waals surface area contributed by atoms with Crippen LogP contribution in [-0.2, 0) is 11.8 Å². The fourth-order valence-corrected chi connectivity index (χ4v) is 1.88. The topological polar surface area (TPSA) is 25.8 Å². The first-order valence-corrected chi connectivity index (χ1v) is 5.10. The van der Waals surface area contributed by atoms with Crippen molar-refractivity contribution in [2.45, 2.75) is 39.0 Å². The summed E-state index contributed by atoms with van der Waals surface area (Å²) in [5.74, 6) is 0. The number of fused-ring (bicyclic) bond motifs is 1. The van der Waals surface area contributed by atoms with Gasteiger partial charge in [0.05, 0.1) is 11.4 Å². The highest BCUT2D eigenvalue weighted by atomic mass is 14.9. The van der Waals surface area contributed by atoms with Gasteiger partial charge in [-0.25, -0.2) is 9.97 Å². The van der Waals surface area contributed by atoms with Crippen molar-refractivity contribution < 1.29 is 0 Å². The molecule has 1 aliphatic rings. The van der Waals surface area contributed by atoms with Gasteiger partial charge in [0.1, 0.15) is 6.33 Å². The molecule has 1 aliphatic carbocycles. The highest BCUT2D eigenvalue weighted by Gasteiger charge is 2.22. The molecule has 0 N–H and O–H groups in total. The first-order valence-electron chi connectivity index (χ1n) is 5.10. The number of allylic oxidation sites excluding steroid dienone is 1. The predicted molar refractivity (Wildman–Crippen MR) is 58.1 cm³/mol. The quantitative estimate of drug-likeness (QED) is 0.625. The van der Waals surface area contributed by atoms with Crippen molar-refractivity contribution in [2.75, 3.05) is 0 Å². The number of aromatic nitrogens is 2. The normalized spacial score (nSPS) is 15.4. The molecule has 0 atom stereocenters. The summed E-state index contributed by atoms with van der Waals surface area (Å²) in [5, 5.41) is 0. The van der Waals surface area contributed by atoms with Crippen LogP contribution < -0.4 is 0 Å². The van der Waals surface area contributed by atoms with Gasteiger partial charge in [-0.1, -0.05) is 26.8 Å². The molecule has 0 spiro atoms. The van der Waals surface area contributed by atoms with Crippen LogP contribution in [0.4, 0.5) is 0 Å². The fourth-order valence-electron chi connectivity index (χ4n) is 1.88. The van der Waals surface area contributed by atoms with Gasteiger partial charge < -0.3 is 0 Å². The molecule has 74 valence electrons. The van der Waals surface area contributed by atoms with E-state index in [1.54, 1.807) is 6.33 Å². The van der Waals surface area contributed by atoms with Crippen LogP contribution in [0.3, 0.4) is 0 Å². The molecule has 0 radical (unpaired) electrons. The van der Waals surface area contributed by atoms with E-state index in [9.17, 15) is 0 Å². The average molecular weight is 188 g/mol. The molecule has 2 heteroatoms. The molecular weight excluding hydrogens is 172 g/mol. The SMILES string of the molecule is CC(C)(C)c1ncnc2c1CCC=C2. The lowest BCUT2D eigenvalue weighted by Gasteiger charge is -2.23. The molecule has 0 fully saturated rings. The summed E-state index contributed by atoms with van der Waals surface area (Å²) in [4.78, 5) is 8.71. The van der Waals surface area contributed by atoms with Gasteiger partial charge >= 0.3 is 0 Å². The van der Waals surface area contributed by atoms with Crippen LogP contribution in [0.2, 0.25) is 0 Å². The summed E-state index contributed by atoms with van der Waals surface area (Å²) in [5.41, 5.74) is 3.77. The third-order valence-electron chi connectivity index (χ3n) is 2.53. The molecule has 2 nitrogen and oxygen atoms in total. The van der Waals surface area contributed by atoms with Crippen molar-refractivity contribution in [2.24, 2.45) is 0 Å². The summed E-state index contributed by atoms with van der Waals surface area (Å²) in [6.45, 7) is 6.61. The Morgan fingerprint density at radius 2 is 2.00 bits per heavy atom. The molecule has 1 heterocycles. The Morgan fingerprint density at radius 1 is 1.21 bits per heavy atom. The molecule has 0 saturated heterocycles. The van der Waals surface area contributed by atoms with E-state index in [1.807, 2.05) is 0 Å². The molecule has 0 bridgehead atoms. The van der Waals surface area contributed by atoms with E-state index < -0.39 is 0 Å². The van der Waals surface area contributed by atoms with Crippen LogP contribution in [0.1, 0.15) is 44.1 Å². The highest BCUT2D eigenvalue weighted by molar-refractivity contribution is 5.53. The Kier molecular flexibility index (Phi) is 2.14. The first kappa shape index (κ1) is 9.38. The maximum Gasteiger partial charge on any atom is 0.116 e. The van der Waals surface area contributed by atoms with Crippen molar-refractivity contribution in [3.63, 3.8) is 0 Å². The molecule has 0 saturated carbocycles. The standard InChI is InChI=1S/C12H16N2/c1-12(2,3)11-9-6-4-5-7-10(9)13-8-14-11/h5,7-8H,4,6H2,1-3H3. The van der Waals surface area contributed by atoms with E-state index in [0.717, 1.165) is 18.5 Å². The summed E-state index contributed by atoms with van der Waals surface area (Å²) < 4.78 is 0. The second-order valence-corrected chi connectivity index (χ2v) is 4.78. The number of hydrogen-bond acceptors (Lipinski definition) is 2. The Morgan fingerprint density at radius 3 is 2.71 bits per heavy atom. The molecule has 1 aromatic heterocycles. The van der Waals surface area contributed by atoms with Crippen molar-refractivity contribution >= 4 is 6.08 Å². The lowest BCUT2D eigenvalue weighted by Crippen LogP contribution is -2.18. The van der Waals surface area contributed by atoms with Crippen LogP contribution in [0, 0.1) is 0 Å². The minimum absolute atomic E-state index is 0.123. The zero-order valence-electron chi connectivity index (χ0n) is 9.04. The van der Waals surface area contributed by atoms with Gasteiger partial charge in [-0.3, -0.25) is 0 Å². The molecule has 2 rings (SSSR count). The molecule has 1 aromatic rings. The van der Waals surface area contributed by atoms with Crippen LogP contribution in [0.5, 0.6) is 0 Å². The molecule has 0 aliphatic heterocycles. The summed E-state index contributed by atoms with van der Waals surface area (Å²) in [6.07, 6.45) is 8.16. The zero-order valence-corrected chi connectivity index (χ0v) is 9.04. The largest absolute Gasteiger partial charge is 0.241 e. The van der Waals surface area contributed by atoms with Crippen molar-refractivity contribution in [1.82, 2.24) is 9.97 Å². The number of rotatable bonds is 0. The number of nitrogens with zero attached hydrogens (tertiary/aromatic N) is 2. The Labute approximate surface area is 85.1 Å². The second kappa shape index (κ2) is 3.19.